The first-order valence-corrected chi connectivity index (χ1v) is 14.6. The highest BCUT2D eigenvalue weighted by molar-refractivity contribution is 7.93. The lowest BCUT2D eigenvalue weighted by molar-refractivity contribution is -0.114. The Labute approximate surface area is 231 Å². The molecule has 0 spiro atoms. The second kappa shape index (κ2) is 11.7. The number of amides is 1. The van der Waals surface area contributed by atoms with Gasteiger partial charge in [0.15, 0.2) is 0 Å². The number of aromatic nitrogens is 1. The van der Waals surface area contributed by atoms with E-state index in [1.54, 1.807) is 24.3 Å². The second-order valence-electron chi connectivity index (χ2n) is 8.06. The van der Waals surface area contributed by atoms with Gasteiger partial charge in [0.25, 0.3) is 20.0 Å². The molecule has 1 aromatic heterocycles. The molecule has 4 aromatic rings. The van der Waals surface area contributed by atoms with Gasteiger partial charge in [-0.25, -0.2) is 21.8 Å². The summed E-state index contributed by atoms with van der Waals surface area (Å²) in [6.45, 7) is -0.573. The van der Waals surface area contributed by atoms with Crippen molar-refractivity contribution in [3.63, 3.8) is 0 Å². The lowest BCUT2D eigenvalue weighted by Gasteiger charge is -2.24. The van der Waals surface area contributed by atoms with Crippen LogP contribution in [0.3, 0.4) is 0 Å². The Morgan fingerprint density at radius 2 is 1.59 bits per heavy atom. The van der Waals surface area contributed by atoms with Gasteiger partial charge in [-0.15, -0.1) is 0 Å². The van der Waals surface area contributed by atoms with Crippen LogP contribution in [0.4, 0.5) is 17.2 Å². The number of rotatable bonds is 10. The number of hydrogen-bond donors (Lipinski definition) is 2. The van der Waals surface area contributed by atoms with Gasteiger partial charge in [0, 0.05) is 16.9 Å². The molecule has 0 radical (unpaired) electrons. The van der Waals surface area contributed by atoms with Gasteiger partial charge >= 0.3 is 0 Å². The predicted octanol–water partition coefficient (Wildman–Crippen LogP) is 4.38. The summed E-state index contributed by atoms with van der Waals surface area (Å²) in [7, 11) is -6.62. The molecule has 1 amide bonds. The molecule has 3 aromatic carbocycles. The van der Waals surface area contributed by atoms with Gasteiger partial charge in [0.2, 0.25) is 5.91 Å². The van der Waals surface area contributed by atoms with Crippen molar-refractivity contribution in [1.29, 1.82) is 0 Å². The van der Waals surface area contributed by atoms with Crippen molar-refractivity contribution in [2.24, 2.45) is 0 Å². The molecular weight excluding hydrogens is 564 g/mol. The highest BCUT2D eigenvalue weighted by Crippen LogP contribution is 2.27. The van der Waals surface area contributed by atoms with Crippen LogP contribution in [-0.2, 0) is 24.8 Å². The average Bonchev–Trinajstić information content (AvgIpc) is 2.92. The summed E-state index contributed by atoms with van der Waals surface area (Å²) < 4.78 is 60.7. The molecule has 0 unspecified atom stereocenters. The molecule has 2 N–H and O–H groups in total. The summed E-state index contributed by atoms with van der Waals surface area (Å²) in [6, 6.07) is 22.1. The van der Waals surface area contributed by atoms with E-state index in [0.29, 0.717) is 10.8 Å². The molecule has 0 aliphatic rings. The molecule has 0 atom stereocenters. The van der Waals surface area contributed by atoms with Gasteiger partial charge in [-0.2, -0.15) is 0 Å². The van der Waals surface area contributed by atoms with Gasteiger partial charge in [0.1, 0.15) is 18.1 Å². The Morgan fingerprint density at radius 1 is 0.897 bits per heavy atom. The van der Waals surface area contributed by atoms with Crippen molar-refractivity contribution >= 4 is 54.7 Å². The fourth-order valence-electron chi connectivity index (χ4n) is 3.49. The Bertz CT molecular complexity index is 1670. The quantitative estimate of drug-likeness (QED) is 0.281. The van der Waals surface area contributed by atoms with Gasteiger partial charge in [-0.1, -0.05) is 23.7 Å². The minimum atomic E-state index is -4.17. The number of anilines is 3. The molecule has 4 rings (SSSR count). The highest BCUT2D eigenvalue weighted by Gasteiger charge is 2.27. The van der Waals surface area contributed by atoms with Crippen molar-refractivity contribution in [2.45, 2.75) is 9.79 Å². The highest BCUT2D eigenvalue weighted by atomic mass is 35.5. The average molecular weight is 587 g/mol. The maximum absolute atomic E-state index is 13.5. The number of hydrogen-bond acceptors (Lipinski definition) is 7. The minimum absolute atomic E-state index is 0.0474. The summed E-state index contributed by atoms with van der Waals surface area (Å²) in [5, 5.41) is 2.89. The van der Waals surface area contributed by atoms with Crippen LogP contribution in [0, 0.1) is 0 Å². The smallest absolute Gasteiger partial charge is 0.264 e. The summed E-state index contributed by atoms with van der Waals surface area (Å²) in [4.78, 5) is 16.8. The molecule has 0 bridgehead atoms. The zero-order chi connectivity index (χ0) is 28.0. The van der Waals surface area contributed by atoms with Crippen molar-refractivity contribution in [2.75, 3.05) is 28.0 Å². The van der Waals surface area contributed by atoms with E-state index >= 15 is 0 Å². The molecule has 0 saturated heterocycles. The monoisotopic (exact) mass is 586 g/mol. The normalized spacial score (nSPS) is 11.4. The van der Waals surface area contributed by atoms with Crippen LogP contribution in [0.5, 0.6) is 5.75 Å². The van der Waals surface area contributed by atoms with Gasteiger partial charge < -0.3 is 10.1 Å². The molecule has 13 heteroatoms. The molecule has 0 aliphatic carbocycles. The number of ether oxygens (including phenoxy) is 1. The van der Waals surface area contributed by atoms with Gasteiger partial charge in [-0.3, -0.25) is 13.8 Å². The molecule has 0 saturated carbocycles. The molecular formula is C26H23ClN4O6S2. The number of benzene rings is 3. The van der Waals surface area contributed by atoms with E-state index < -0.39 is 32.5 Å². The Balaban J connectivity index is 1.54. The number of nitrogens with zero attached hydrogens (tertiary/aromatic N) is 2. The predicted molar refractivity (Wildman–Crippen MR) is 149 cm³/mol. The zero-order valence-corrected chi connectivity index (χ0v) is 22.9. The van der Waals surface area contributed by atoms with Crippen LogP contribution in [-0.4, -0.2) is 41.4 Å². The molecule has 202 valence electrons. The van der Waals surface area contributed by atoms with Crippen molar-refractivity contribution < 1.29 is 26.4 Å². The number of sulfonamides is 2. The molecule has 39 heavy (non-hydrogen) atoms. The lowest BCUT2D eigenvalue weighted by Crippen LogP contribution is -2.38. The van der Waals surface area contributed by atoms with Gasteiger partial charge in [0.05, 0.1) is 22.6 Å². The van der Waals surface area contributed by atoms with E-state index in [1.165, 1.54) is 80.0 Å². The van der Waals surface area contributed by atoms with E-state index in [-0.39, 0.29) is 27.0 Å². The first-order chi connectivity index (χ1) is 18.6. The van der Waals surface area contributed by atoms with E-state index in [4.69, 9.17) is 16.3 Å². The number of halogens is 1. The number of carbonyl (C=O) groups is 1. The Hall–Kier alpha value is -4.13. The van der Waals surface area contributed by atoms with Crippen LogP contribution in [0.25, 0.3) is 0 Å². The Kier molecular flexibility index (Phi) is 8.38. The molecule has 0 fully saturated rings. The SMILES string of the molecule is COc1ccc(S(=O)(=O)N(CC(=O)Nc2ccc(S(=O)(=O)Nc3ccccn3)cc2)c2cccc(Cl)c2)cc1. The van der Waals surface area contributed by atoms with Crippen molar-refractivity contribution in [1.82, 2.24) is 4.98 Å². The number of carbonyl (C=O) groups excluding carboxylic acids is 1. The van der Waals surface area contributed by atoms with E-state index in [0.717, 1.165) is 4.31 Å². The topological polar surface area (TPSA) is 135 Å². The summed E-state index contributed by atoms with van der Waals surface area (Å²) in [6.07, 6.45) is 1.46. The summed E-state index contributed by atoms with van der Waals surface area (Å²) >= 11 is 6.10. The summed E-state index contributed by atoms with van der Waals surface area (Å²) in [5.74, 6) is -0.0231. The molecule has 0 aliphatic heterocycles. The largest absolute Gasteiger partial charge is 0.497 e. The first kappa shape index (κ1) is 27.9. The van der Waals surface area contributed by atoms with Crippen LogP contribution in [0.15, 0.2) is 107 Å². The van der Waals surface area contributed by atoms with Crippen LogP contribution in [0.2, 0.25) is 5.02 Å². The van der Waals surface area contributed by atoms with Crippen LogP contribution >= 0.6 is 11.6 Å². The van der Waals surface area contributed by atoms with E-state index in [1.807, 2.05) is 0 Å². The minimum Gasteiger partial charge on any atom is -0.497 e. The number of pyridine rings is 1. The van der Waals surface area contributed by atoms with Crippen LogP contribution in [0.1, 0.15) is 0 Å². The fraction of sp³-hybridized carbons (Fsp3) is 0.0769. The Morgan fingerprint density at radius 3 is 2.21 bits per heavy atom. The molecule has 1 heterocycles. The lowest BCUT2D eigenvalue weighted by atomic mass is 10.3. The first-order valence-electron chi connectivity index (χ1n) is 11.3. The third-order valence-electron chi connectivity index (χ3n) is 5.38. The standard InChI is InChI=1S/C26H23ClN4O6S2/c1-37-22-10-14-24(15-11-22)39(35,36)31(21-6-4-5-19(27)17-21)18-26(32)29-20-8-12-23(13-9-20)38(33,34)30-25-7-2-3-16-28-25/h2-17H,18H2,1H3,(H,28,30)(H,29,32). The second-order valence-corrected chi connectivity index (χ2v) is 12.0. The van der Waals surface area contributed by atoms with E-state index in [9.17, 15) is 21.6 Å². The van der Waals surface area contributed by atoms with Crippen molar-refractivity contribution in [3.05, 3.63) is 102 Å². The zero-order valence-electron chi connectivity index (χ0n) is 20.5. The number of methoxy groups -OCH3 is 1. The van der Waals surface area contributed by atoms with Crippen LogP contribution < -0.4 is 19.1 Å². The van der Waals surface area contributed by atoms with E-state index in [2.05, 4.69) is 15.0 Å². The number of nitrogens with one attached hydrogen (secondary N) is 2. The molecule has 10 nitrogen and oxygen atoms in total. The third-order valence-corrected chi connectivity index (χ3v) is 8.78. The third kappa shape index (κ3) is 6.85. The summed E-state index contributed by atoms with van der Waals surface area (Å²) in [5.41, 5.74) is 0.459. The van der Waals surface area contributed by atoms with Gasteiger partial charge in [-0.05, 0) is 78.9 Å². The fourth-order valence-corrected chi connectivity index (χ4v) is 6.09. The van der Waals surface area contributed by atoms with Crippen molar-refractivity contribution in [3.8, 4) is 5.75 Å². The maximum Gasteiger partial charge on any atom is 0.264 e. The maximum atomic E-state index is 13.5.